The van der Waals surface area contributed by atoms with Crippen LogP contribution in [0.3, 0.4) is 0 Å². The molecule has 6 heteroatoms. The van der Waals surface area contributed by atoms with E-state index in [0.29, 0.717) is 15.9 Å². The number of hydrogen-bond acceptors (Lipinski definition) is 5. The van der Waals surface area contributed by atoms with E-state index in [4.69, 9.17) is 9.52 Å². The minimum absolute atomic E-state index is 0.378. The summed E-state index contributed by atoms with van der Waals surface area (Å²) in [6.45, 7) is 0. The largest absolute Gasteiger partial charge is 0.477 e. The number of benzene rings is 1. The fourth-order valence-corrected chi connectivity index (χ4v) is 3.37. The number of para-hydroxylation sites is 2. The van der Waals surface area contributed by atoms with E-state index in [1.54, 1.807) is 5.38 Å². The minimum atomic E-state index is -0.886. The van der Waals surface area contributed by atoms with Crippen LogP contribution >= 0.6 is 23.1 Å². The Morgan fingerprint density at radius 2 is 2.21 bits per heavy atom. The van der Waals surface area contributed by atoms with Crippen LogP contribution in [0.25, 0.3) is 11.1 Å². The second kappa shape index (κ2) is 5.07. The van der Waals surface area contributed by atoms with Crippen LogP contribution in [0.15, 0.2) is 45.4 Å². The molecule has 2 aromatic heterocycles. The van der Waals surface area contributed by atoms with Crippen molar-refractivity contribution >= 4 is 40.2 Å². The molecule has 3 aromatic rings. The molecule has 0 aliphatic carbocycles. The average molecular weight is 291 g/mol. The van der Waals surface area contributed by atoms with E-state index >= 15 is 0 Å². The van der Waals surface area contributed by atoms with Crippen LogP contribution in [0, 0.1) is 0 Å². The first-order chi connectivity index (χ1) is 9.24. The zero-order valence-electron chi connectivity index (χ0n) is 9.70. The first-order valence-electron chi connectivity index (χ1n) is 5.52. The lowest BCUT2D eigenvalue weighted by Crippen LogP contribution is -1.96. The summed E-state index contributed by atoms with van der Waals surface area (Å²) >= 11 is 2.63. The number of carbonyl (C=O) groups is 1. The van der Waals surface area contributed by atoms with Crippen LogP contribution in [0.5, 0.6) is 0 Å². The van der Waals surface area contributed by atoms with Gasteiger partial charge in [-0.05, 0) is 29.1 Å². The highest BCUT2D eigenvalue weighted by Crippen LogP contribution is 2.28. The van der Waals surface area contributed by atoms with Crippen molar-refractivity contribution in [2.75, 3.05) is 0 Å². The quantitative estimate of drug-likeness (QED) is 0.739. The van der Waals surface area contributed by atoms with Gasteiger partial charge in [0.05, 0.1) is 0 Å². The lowest BCUT2D eigenvalue weighted by molar-refractivity contribution is 0.0701. The molecule has 2 heterocycles. The van der Waals surface area contributed by atoms with Crippen LogP contribution in [0.1, 0.15) is 15.2 Å². The van der Waals surface area contributed by atoms with Crippen LogP contribution in [-0.4, -0.2) is 16.1 Å². The van der Waals surface area contributed by atoms with Crippen molar-refractivity contribution in [2.45, 2.75) is 11.0 Å². The number of oxazole rings is 1. The van der Waals surface area contributed by atoms with Gasteiger partial charge in [-0.15, -0.1) is 11.3 Å². The van der Waals surface area contributed by atoms with E-state index in [1.165, 1.54) is 23.1 Å². The van der Waals surface area contributed by atoms with E-state index in [-0.39, 0.29) is 0 Å². The molecule has 0 fully saturated rings. The van der Waals surface area contributed by atoms with E-state index in [1.807, 2.05) is 30.3 Å². The van der Waals surface area contributed by atoms with Gasteiger partial charge in [0.2, 0.25) is 0 Å². The summed E-state index contributed by atoms with van der Waals surface area (Å²) in [5.41, 5.74) is 2.35. The fraction of sp³-hybridized carbons (Fsp3) is 0.0769. The van der Waals surface area contributed by atoms with Gasteiger partial charge in [-0.25, -0.2) is 9.78 Å². The van der Waals surface area contributed by atoms with Crippen LogP contribution in [0.2, 0.25) is 0 Å². The Labute approximate surface area is 117 Å². The molecule has 0 aliphatic rings. The number of rotatable bonds is 4. The molecule has 0 saturated carbocycles. The zero-order chi connectivity index (χ0) is 13.2. The Morgan fingerprint density at radius 1 is 1.37 bits per heavy atom. The third kappa shape index (κ3) is 2.50. The topological polar surface area (TPSA) is 63.3 Å². The van der Waals surface area contributed by atoms with E-state index < -0.39 is 5.97 Å². The number of thiophene rings is 1. The number of thioether (sulfide) groups is 1. The molecule has 0 unspecified atom stereocenters. The first kappa shape index (κ1) is 12.3. The summed E-state index contributed by atoms with van der Waals surface area (Å²) in [6, 6.07) is 9.36. The normalized spacial score (nSPS) is 10.9. The van der Waals surface area contributed by atoms with Gasteiger partial charge in [0.25, 0.3) is 5.22 Å². The number of aromatic carboxylic acids is 1. The van der Waals surface area contributed by atoms with Crippen LogP contribution in [-0.2, 0) is 5.75 Å². The third-order valence-corrected chi connectivity index (χ3v) is 4.39. The summed E-state index contributed by atoms with van der Waals surface area (Å²) in [6.07, 6.45) is 0. The molecule has 0 aliphatic heterocycles. The Kier molecular flexibility index (Phi) is 3.27. The lowest BCUT2D eigenvalue weighted by atomic mass is 10.3. The van der Waals surface area contributed by atoms with Crippen molar-refractivity contribution in [2.24, 2.45) is 0 Å². The molecular weight excluding hydrogens is 282 g/mol. The second-order valence-electron chi connectivity index (χ2n) is 3.82. The molecule has 1 aromatic carbocycles. The average Bonchev–Trinajstić information content (AvgIpc) is 3.02. The summed E-state index contributed by atoms with van der Waals surface area (Å²) in [5, 5.41) is 11.4. The van der Waals surface area contributed by atoms with E-state index in [0.717, 1.165) is 16.7 Å². The van der Waals surface area contributed by atoms with Gasteiger partial charge in [-0.1, -0.05) is 23.9 Å². The number of fused-ring (bicyclic) bond motifs is 1. The predicted octanol–water partition coefficient (Wildman–Crippen LogP) is 3.88. The second-order valence-corrected chi connectivity index (χ2v) is 5.66. The van der Waals surface area contributed by atoms with E-state index in [9.17, 15) is 4.79 Å². The minimum Gasteiger partial charge on any atom is -0.477 e. The molecule has 0 radical (unpaired) electrons. The van der Waals surface area contributed by atoms with Crippen molar-refractivity contribution in [3.8, 4) is 0 Å². The SMILES string of the molecule is O=C(O)c1sccc1CSc1nc2ccccc2o1. The molecule has 4 nitrogen and oxygen atoms in total. The monoisotopic (exact) mass is 291 g/mol. The standard InChI is InChI=1S/C13H9NO3S2/c15-12(16)11-8(5-6-18-11)7-19-13-14-9-3-1-2-4-10(9)17-13/h1-6H,7H2,(H,15,16). The van der Waals surface area contributed by atoms with Crippen LogP contribution < -0.4 is 0 Å². The maximum atomic E-state index is 11.0. The molecule has 1 N–H and O–H groups in total. The maximum Gasteiger partial charge on any atom is 0.346 e. The third-order valence-electron chi connectivity index (χ3n) is 2.57. The molecule has 19 heavy (non-hydrogen) atoms. The number of nitrogens with zero attached hydrogens (tertiary/aromatic N) is 1. The Balaban J connectivity index is 1.78. The van der Waals surface area contributed by atoms with E-state index in [2.05, 4.69) is 4.98 Å². The zero-order valence-corrected chi connectivity index (χ0v) is 11.3. The molecule has 0 spiro atoms. The highest BCUT2D eigenvalue weighted by Gasteiger charge is 2.13. The van der Waals surface area contributed by atoms with Crippen molar-refractivity contribution < 1.29 is 14.3 Å². The Bertz CT molecular complexity index is 699. The maximum absolute atomic E-state index is 11.0. The fourth-order valence-electron chi connectivity index (χ4n) is 1.69. The predicted molar refractivity (Wildman–Crippen MR) is 74.8 cm³/mol. The van der Waals surface area contributed by atoms with Crippen molar-refractivity contribution in [3.05, 3.63) is 46.2 Å². The van der Waals surface area contributed by atoms with Crippen molar-refractivity contribution in [3.63, 3.8) is 0 Å². The lowest BCUT2D eigenvalue weighted by Gasteiger charge is -1.96. The van der Waals surface area contributed by atoms with Gasteiger partial charge >= 0.3 is 5.97 Å². The van der Waals surface area contributed by atoms with Crippen molar-refractivity contribution in [1.82, 2.24) is 4.98 Å². The molecule has 0 bridgehead atoms. The smallest absolute Gasteiger partial charge is 0.346 e. The number of aromatic nitrogens is 1. The molecule has 0 atom stereocenters. The summed E-state index contributed by atoms with van der Waals surface area (Å²) in [5.74, 6) is -0.346. The Hall–Kier alpha value is -1.79. The van der Waals surface area contributed by atoms with Gasteiger partial charge in [0.15, 0.2) is 5.58 Å². The van der Waals surface area contributed by atoms with Gasteiger partial charge in [-0.2, -0.15) is 0 Å². The van der Waals surface area contributed by atoms with Gasteiger partial charge in [0, 0.05) is 5.75 Å². The van der Waals surface area contributed by atoms with Gasteiger partial charge < -0.3 is 9.52 Å². The molecule has 3 rings (SSSR count). The molecule has 96 valence electrons. The highest BCUT2D eigenvalue weighted by molar-refractivity contribution is 7.98. The molecular formula is C13H9NO3S2. The number of carboxylic acids is 1. The molecule has 0 amide bonds. The highest BCUT2D eigenvalue weighted by atomic mass is 32.2. The summed E-state index contributed by atoms with van der Waals surface area (Å²) < 4.78 is 5.57. The first-order valence-corrected chi connectivity index (χ1v) is 7.38. The van der Waals surface area contributed by atoms with Crippen molar-refractivity contribution in [1.29, 1.82) is 0 Å². The molecule has 0 saturated heterocycles. The summed E-state index contributed by atoms with van der Waals surface area (Å²) in [4.78, 5) is 15.7. The van der Waals surface area contributed by atoms with Gasteiger partial charge in [-0.3, -0.25) is 0 Å². The van der Waals surface area contributed by atoms with Crippen LogP contribution in [0.4, 0.5) is 0 Å². The number of hydrogen-bond donors (Lipinski definition) is 1. The number of carboxylic acid groups (broad SMARTS) is 1. The Morgan fingerprint density at radius 3 is 3.00 bits per heavy atom. The van der Waals surface area contributed by atoms with Gasteiger partial charge in [0.1, 0.15) is 10.4 Å². The summed E-state index contributed by atoms with van der Waals surface area (Å²) in [7, 11) is 0.